The minimum absolute atomic E-state index is 0.187. The van der Waals surface area contributed by atoms with Gasteiger partial charge in [0.2, 0.25) is 0 Å². The molecule has 0 amide bonds. The minimum Gasteiger partial charge on any atom is -0.747 e. The van der Waals surface area contributed by atoms with E-state index >= 15 is 0 Å². The zero-order chi connectivity index (χ0) is 27.4. The smallest absolute Gasteiger partial charge is 0.290 e. The molecule has 0 aromatic heterocycles. The second-order valence-electron chi connectivity index (χ2n) is 9.27. The molecule has 0 saturated heterocycles. The summed E-state index contributed by atoms with van der Waals surface area (Å²) in [5.41, 5.74) is 4.05. The highest BCUT2D eigenvalue weighted by atomic mass is 32.2. The third-order valence-corrected chi connectivity index (χ3v) is 8.41. The average Bonchev–Trinajstić information content (AvgIpc) is 2.84. The highest BCUT2D eigenvalue weighted by molar-refractivity contribution is 7.90. The highest BCUT2D eigenvalue weighted by Crippen LogP contribution is 2.39. The van der Waals surface area contributed by atoms with Crippen molar-refractivity contribution in [2.24, 2.45) is 0 Å². The fraction of sp³-hybridized carbons (Fsp3) is 0.370. The summed E-state index contributed by atoms with van der Waals surface area (Å²) in [5.74, 6) is 0. The molecule has 1 aromatic carbocycles. The zero-order valence-electron chi connectivity index (χ0n) is 21.6. The first-order valence-corrected chi connectivity index (χ1v) is 15.1. The molecule has 2 aliphatic rings. The van der Waals surface area contributed by atoms with E-state index in [1.807, 2.05) is 67.2 Å². The first-order chi connectivity index (χ1) is 17.4. The fourth-order valence-corrected chi connectivity index (χ4v) is 6.13. The van der Waals surface area contributed by atoms with Gasteiger partial charge in [-0.25, -0.2) is 13.0 Å². The lowest BCUT2D eigenvalue weighted by Crippen LogP contribution is -2.28. The van der Waals surface area contributed by atoms with Gasteiger partial charge >= 0.3 is 0 Å². The molecule has 3 rings (SSSR count). The molecule has 2 aliphatic carbocycles. The van der Waals surface area contributed by atoms with Gasteiger partial charge in [-0.3, -0.25) is 4.55 Å². The van der Waals surface area contributed by atoms with E-state index in [1.165, 1.54) is 12.2 Å². The van der Waals surface area contributed by atoms with Crippen molar-refractivity contribution in [3.05, 3.63) is 82.3 Å². The molecular formula is C27H34N2O6S2. The molecule has 0 heterocycles. The lowest BCUT2D eigenvalue weighted by atomic mass is 9.86. The molecule has 37 heavy (non-hydrogen) atoms. The number of rotatable bonds is 9. The van der Waals surface area contributed by atoms with Crippen LogP contribution in [0.5, 0.6) is 0 Å². The van der Waals surface area contributed by atoms with Crippen LogP contribution in [0.3, 0.4) is 0 Å². The van der Waals surface area contributed by atoms with Gasteiger partial charge in [0.25, 0.3) is 10.1 Å². The fourth-order valence-electron chi connectivity index (χ4n) is 4.52. The van der Waals surface area contributed by atoms with Crippen LogP contribution in [0.2, 0.25) is 0 Å². The lowest BCUT2D eigenvalue weighted by molar-refractivity contribution is -0.462. The van der Waals surface area contributed by atoms with Crippen molar-refractivity contribution in [3.8, 4) is 0 Å². The molecule has 1 unspecified atom stereocenters. The lowest BCUT2D eigenvalue weighted by Gasteiger charge is -2.30. The van der Waals surface area contributed by atoms with E-state index in [2.05, 4.69) is 18.7 Å². The first kappa shape index (κ1) is 28.8. The Balaban J connectivity index is 2.23. The summed E-state index contributed by atoms with van der Waals surface area (Å²) in [4.78, 5) is 1.77. The molecule has 0 radical (unpaired) electrons. The number of hydrogen-bond acceptors (Lipinski definition) is 6. The topological polar surface area (TPSA) is 118 Å². The summed E-state index contributed by atoms with van der Waals surface area (Å²) in [5, 5.41) is -1.67. The number of nitrogens with zero attached hydrogens (tertiary/aromatic N) is 2. The Labute approximate surface area is 220 Å². The van der Waals surface area contributed by atoms with Crippen LogP contribution in [0.1, 0.15) is 38.7 Å². The SMILES string of the molecule is CCCN(CCC)c1ccc(C(C2=CC=C(S(=O)(=O)O)CC2S(=O)(=O)[O-])=C2C=CC(=[N+](C)C)C=C2)cc1. The molecule has 0 fully saturated rings. The van der Waals surface area contributed by atoms with Gasteiger partial charge in [0.15, 0.2) is 5.71 Å². The number of benzene rings is 1. The van der Waals surface area contributed by atoms with Gasteiger partial charge < -0.3 is 9.45 Å². The van der Waals surface area contributed by atoms with E-state index in [4.69, 9.17) is 0 Å². The first-order valence-electron chi connectivity index (χ1n) is 12.2. The van der Waals surface area contributed by atoms with Crippen LogP contribution in [0.4, 0.5) is 5.69 Å². The second kappa shape index (κ2) is 11.7. The minimum atomic E-state index is -4.96. The summed E-state index contributed by atoms with van der Waals surface area (Å²) in [6.45, 7) is 6.04. The van der Waals surface area contributed by atoms with E-state index in [1.54, 1.807) is 0 Å². The van der Waals surface area contributed by atoms with E-state index in [9.17, 15) is 25.9 Å². The molecule has 1 aromatic rings. The zero-order valence-corrected chi connectivity index (χ0v) is 23.2. The van der Waals surface area contributed by atoms with Crippen molar-refractivity contribution < 1.29 is 30.5 Å². The predicted molar refractivity (Wildman–Crippen MR) is 147 cm³/mol. The molecule has 8 nitrogen and oxygen atoms in total. The molecule has 0 aliphatic heterocycles. The number of hydrogen-bond donors (Lipinski definition) is 1. The van der Waals surface area contributed by atoms with Crippen molar-refractivity contribution in [2.75, 3.05) is 32.1 Å². The van der Waals surface area contributed by atoms with Crippen LogP contribution < -0.4 is 4.90 Å². The quantitative estimate of drug-likeness (QED) is 0.368. The van der Waals surface area contributed by atoms with Gasteiger partial charge in [0.05, 0.1) is 10.2 Å². The largest absolute Gasteiger partial charge is 0.747 e. The maximum absolute atomic E-state index is 12.3. The van der Waals surface area contributed by atoms with Crippen LogP contribution >= 0.6 is 0 Å². The van der Waals surface area contributed by atoms with Gasteiger partial charge in [-0.1, -0.05) is 32.1 Å². The molecule has 200 valence electrons. The van der Waals surface area contributed by atoms with Gasteiger partial charge in [-0.15, -0.1) is 0 Å². The van der Waals surface area contributed by atoms with E-state index in [0.29, 0.717) is 16.7 Å². The molecule has 0 spiro atoms. The number of allylic oxidation sites excluding steroid dienone is 9. The van der Waals surface area contributed by atoms with E-state index in [-0.39, 0.29) is 5.57 Å². The Bertz CT molecular complexity index is 1400. The van der Waals surface area contributed by atoms with E-state index in [0.717, 1.165) is 37.3 Å². The van der Waals surface area contributed by atoms with Crippen molar-refractivity contribution in [2.45, 2.75) is 38.4 Å². The Morgan fingerprint density at radius 1 is 0.973 bits per heavy atom. The van der Waals surface area contributed by atoms with Crippen molar-refractivity contribution in [3.63, 3.8) is 0 Å². The van der Waals surface area contributed by atoms with Crippen molar-refractivity contribution in [1.29, 1.82) is 0 Å². The van der Waals surface area contributed by atoms with Gasteiger partial charge in [-0.05, 0) is 65.5 Å². The Hall–Kier alpha value is -2.79. The maximum atomic E-state index is 12.3. The number of anilines is 1. The Kier molecular flexibility index (Phi) is 9.12. The predicted octanol–water partition coefficient (Wildman–Crippen LogP) is 3.92. The van der Waals surface area contributed by atoms with Gasteiger partial charge in [-0.2, -0.15) is 8.42 Å². The molecule has 10 heteroatoms. The van der Waals surface area contributed by atoms with E-state index < -0.39 is 36.8 Å². The average molecular weight is 547 g/mol. The molecule has 0 saturated carbocycles. The van der Waals surface area contributed by atoms with Gasteiger partial charge in [0, 0.05) is 37.3 Å². The normalized spacial score (nSPS) is 17.9. The summed E-state index contributed by atoms with van der Waals surface area (Å²) in [6.07, 6.45) is 11.3. The summed E-state index contributed by atoms with van der Waals surface area (Å²) < 4.78 is 71.9. The molecule has 1 N–H and O–H groups in total. The third kappa shape index (κ3) is 6.95. The van der Waals surface area contributed by atoms with Crippen LogP contribution in [0.15, 0.2) is 76.8 Å². The molecule has 1 atom stereocenters. The molecular weight excluding hydrogens is 512 g/mol. The van der Waals surface area contributed by atoms with Crippen molar-refractivity contribution in [1.82, 2.24) is 0 Å². The third-order valence-electron chi connectivity index (χ3n) is 6.33. The van der Waals surface area contributed by atoms with Crippen LogP contribution in [-0.2, 0) is 20.2 Å². The summed E-state index contributed by atoms with van der Waals surface area (Å²) in [7, 11) is -5.80. The monoisotopic (exact) mass is 546 g/mol. The van der Waals surface area contributed by atoms with Gasteiger partial charge in [0.1, 0.15) is 24.2 Å². The van der Waals surface area contributed by atoms with Crippen LogP contribution in [0, 0.1) is 0 Å². The maximum Gasteiger partial charge on any atom is 0.290 e. The molecule has 0 bridgehead atoms. The van der Waals surface area contributed by atoms with Crippen LogP contribution in [0.25, 0.3) is 5.57 Å². The Morgan fingerprint density at radius 3 is 2.00 bits per heavy atom. The van der Waals surface area contributed by atoms with Crippen molar-refractivity contribution >= 4 is 37.2 Å². The van der Waals surface area contributed by atoms with Crippen LogP contribution in [-0.4, -0.2) is 68.7 Å². The highest BCUT2D eigenvalue weighted by Gasteiger charge is 2.33. The summed E-state index contributed by atoms with van der Waals surface area (Å²) in [6, 6.07) is 7.72. The summed E-state index contributed by atoms with van der Waals surface area (Å²) >= 11 is 0. The standard InChI is InChI=1S/C27H34N2O6S2/c1-5-17-29(18-6-2)23-13-9-21(10-14-23)27(20-7-11-22(12-8-20)28(3)4)25-16-15-24(36(30,31)32)19-26(25)37(33,34)35/h7-16,26H,5-6,17-19H2,1-4H3,(H-,30,31,32,33,34,35). The Morgan fingerprint density at radius 2 is 1.54 bits per heavy atom. The second-order valence-corrected chi connectivity index (χ2v) is 12.3.